The molecule has 0 radical (unpaired) electrons. The van der Waals surface area contributed by atoms with Crippen LogP contribution >= 0.6 is 11.6 Å². The van der Waals surface area contributed by atoms with Crippen LogP contribution in [0.4, 0.5) is 0 Å². The summed E-state index contributed by atoms with van der Waals surface area (Å²) < 4.78 is 18.3. The lowest BCUT2D eigenvalue weighted by molar-refractivity contribution is 0.0389. The fourth-order valence-electron chi connectivity index (χ4n) is 3.96. The largest absolute Gasteiger partial charge is 0.507 e. The summed E-state index contributed by atoms with van der Waals surface area (Å²) in [6.07, 6.45) is 0. The van der Waals surface area contributed by atoms with E-state index in [2.05, 4.69) is 0 Å². The molecule has 6 nitrogen and oxygen atoms in total. The quantitative estimate of drug-likeness (QED) is 0.288. The van der Waals surface area contributed by atoms with E-state index in [-0.39, 0.29) is 12.4 Å². The van der Waals surface area contributed by atoms with Gasteiger partial charge >= 0.3 is 5.97 Å². The molecule has 0 saturated heterocycles. The number of benzene rings is 3. The lowest BCUT2D eigenvalue weighted by Crippen LogP contribution is -2.13. The Balaban J connectivity index is 1.78. The predicted octanol–water partition coefficient (Wildman–Crippen LogP) is 5.34. The number of hydrogen-bond donors (Lipinski definition) is 1. The van der Waals surface area contributed by atoms with Crippen molar-refractivity contribution in [3.8, 4) is 11.5 Å². The molecule has 0 aliphatic heterocycles. The summed E-state index contributed by atoms with van der Waals surface area (Å²) in [4.78, 5) is 12.9. The molecule has 166 valence electrons. The highest BCUT2D eigenvalue weighted by Crippen LogP contribution is 2.37. The number of phenols is 1. The standard InChI is InChI=1S/C25H24ClNO5/c1-16-23(25(29)32-14-13-30-2)19-15-21(28)17-7-3-4-8-18(17)24(19)27(16)11-12-31-22-10-6-5-9-20(22)26/h3-10,15,28H,11-14H2,1-2H3. The van der Waals surface area contributed by atoms with Crippen LogP contribution in [0.15, 0.2) is 54.6 Å². The van der Waals surface area contributed by atoms with E-state index < -0.39 is 5.97 Å². The molecule has 7 heteroatoms. The van der Waals surface area contributed by atoms with Gasteiger partial charge in [0.05, 0.1) is 29.3 Å². The van der Waals surface area contributed by atoms with Gasteiger partial charge in [0.15, 0.2) is 0 Å². The van der Waals surface area contributed by atoms with Crippen LogP contribution in [0.25, 0.3) is 21.7 Å². The third-order valence-electron chi connectivity index (χ3n) is 5.43. The number of aromatic hydroxyl groups is 1. The van der Waals surface area contributed by atoms with E-state index in [1.807, 2.05) is 54.0 Å². The molecule has 1 aromatic heterocycles. The van der Waals surface area contributed by atoms with Gasteiger partial charge in [-0.2, -0.15) is 0 Å². The van der Waals surface area contributed by atoms with Crippen molar-refractivity contribution in [1.82, 2.24) is 4.57 Å². The topological polar surface area (TPSA) is 69.9 Å². The molecule has 4 aromatic rings. The number of methoxy groups -OCH3 is 1. The van der Waals surface area contributed by atoms with Crippen molar-refractivity contribution in [1.29, 1.82) is 0 Å². The molecule has 4 rings (SSSR count). The highest BCUT2D eigenvalue weighted by atomic mass is 35.5. The molecule has 0 fully saturated rings. The zero-order valence-corrected chi connectivity index (χ0v) is 18.7. The van der Waals surface area contributed by atoms with Crippen molar-refractivity contribution in [2.45, 2.75) is 13.5 Å². The molecule has 0 aliphatic rings. The molecular formula is C25H24ClNO5. The van der Waals surface area contributed by atoms with Crippen LogP contribution in [-0.4, -0.2) is 42.6 Å². The fraction of sp³-hybridized carbons (Fsp3) is 0.240. The number of para-hydroxylation sites is 1. The van der Waals surface area contributed by atoms with Gasteiger partial charge in [-0.1, -0.05) is 48.0 Å². The Morgan fingerprint density at radius 1 is 1.00 bits per heavy atom. The molecule has 3 aromatic carbocycles. The molecule has 0 saturated carbocycles. The van der Waals surface area contributed by atoms with Crippen molar-refractivity contribution in [3.05, 3.63) is 70.9 Å². The van der Waals surface area contributed by atoms with Gasteiger partial charge < -0.3 is 23.9 Å². The Morgan fingerprint density at radius 3 is 2.47 bits per heavy atom. The van der Waals surface area contributed by atoms with Gasteiger partial charge in [0.1, 0.15) is 24.7 Å². The van der Waals surface area contributed by atoms with Gasteiger partial charge in [-0.05, 0) is 25.1 Å². The van der Waals surface area contributed by atoms with Crippen molar-refractivity contribution < 1.29 is 24.1 Å². The number of phenolic OH excluding ortho intramolecular Hbond substituents is 1. The fourth-order valence-corrected chi connectivity index (χ4v) is 4.15. The molecular weight excluding hydrogens is 430 g/mol. The van der Waals surface area contributed by atoms with Crippen LogP contribution in [0, 0.1) is 6.92 Å². The molecule has 0 aliphatic carbocycles. The summed E-state index contributed by atoms with van der Waals surface area (Å²) in [7, 11) is 1.55. The summed E-state index contributed by atoms with van der Waals surface area (Å²) in [6, 6.07) is 16.5. The summed E-state index contributed by atoms with van der Waals surface area (Å²) in [6.45, 7) is 3.16. The Kier molecular flexibility index (Phi) is 6.53. The molecule has 0 unspecified atom stereocenters. The number of nitrogens with zero attached hydrogens (tertiary/aromatic N) is 1. The van der Waals surface area contributed by atoms with E-state index in [4.69, 9.17) is 25.8 Å². The van der Waals surface area contributed by atoms with Gasteiger partial charge in [-0.25, -0.2) is 4.79 Å². The second-order valence-electron chi connectivity index (χ2n) is 7.36. The third-order valence-corrected chi connectivity index (χ3v) is 5.75. The molecule has 32 heavy (non-hydrogen) atoms. The number of carbonyl (C=O) groups excluding carboxylic acids is 1. The molecule has 1 N–H and O–H groups in total. The molecule has 1 heterocycles. The third kappa shape index (κ3) is 4.11. The van der Waals surface area contributed by atoms with Gasteiger partial charge in [0, 0.05) is 29.0 Å². The van der Waals surface area contributed by atoms with Crippen molar-refractivity contribution in [2.24, 2.45) is 0 Å². The van der Waals surface area contributed by atoms with Crippen LogP contribution in [0.1, 0.15) is 16.1 Å². The second kappa shape index (κ2) is 9.51. The Morgan fingerprint density at radius 2 is 1.72 bits per heavy atom. The number of fused-ring (bicyclic) bond motifs is 3. The minimum absolute atomic E-state index is 0.114. The summed E-state index contributed by atoms with van der Waals surface area (Å²) in [5, 5.41) is 13.4. The van der Waals surface area contributed by atoms with Gasteiger partial charge in [0.25, 0.3) is 0 Å². The van der Waals surface area contributed by atoms with E-state index in [1.165, 1.54) is 0 Å². The van der Waals surface area contributed by atoms with Crippen molar-refractivity contribution >= 4 is 39.2 Å². The average molecular weight is 454 g/mol. The number of aromatic nitrogens is 1. The lowest BCUT2D eigenvalue weighted by Gasteiger charge is -2.13. The predicted molar refractivity (Wildman–Crippen MR) is 125 cm³/mol. The Hall–Kier alpha value is -3.22. The van der Waals surface area contributed by atoms with Crippen LogP contribution in [0.2, 0.25) is 5.02 Å². The number of ether oxygens (including phenoxy) is 3. The first-order chi connectivity index (χ1) is 15.5. The van der Waals surface area contributed by atoms with E-state index in [9.17, 15) is 9.90 Å². The van der Waals surface area contributed by atoms with Crippen LogP contribution in [0.5, 0.6) is 11.5 Å². The minimum atomic E-state index is -0.454. The monoisotopic (exact) mass is 453 g/mol. The molecule has 0 bridgehead atoms. The van der Waals surface area contributed by atoms with Crippen molar-refractivity contribution in [3.63, 3.8) is 0 Å². The van der Waals surface area contributed by atoms with E-state index in [0.717, 1.165) is 16.6 Å². The smallest absolute Gasteiger partial charge is 0.340 e. The number of carbonyl (C=O) groups is 1. The van der Waals surface area contributed by atoms with Crippen LogP contribution in [-0.2, 0) is 16.0 Å². The molecule has 0 amide bonds. The average Bonchev–Trinajstić information content (AvgIpc) is 3.06. The minimum Gasteiger partial charge on any atom is -0.507 e. The van der Waals surface area contributed by atoms with Gasteiger partial charge in [0.2, 0.25) is 0 Å². The zero-order chi connectivity index (χ0) is 22.7. The van der Waals surface area contributed by atoms with E-state index >= 15 is 0 Å². The summed E-state index contributed by atoms with van der Waals surface area (Å²) in [5.74, 6) is 0.262. The maximum Gasteiger partial charge on any atom is 0.340 e. The second-order valence-corrected chi connectivity index (χ2v) is 7.76. The maximum absolute atomic E-state index is 12.9. The highest BCUT2D eigenvalue weighted by Gasteiger charge is 2.24. The highest BCUT2D eigenvalue weighted by molar-refractivity contribution is 6.32. The summed E-state index contributed by atoms with van der Waals surface area (Å²) in [5.41, 5.74) is 2.01. The molecule has 0 atom stereocenters. The summed E-state index contributed by atoms with van der Waals surface area (Å²) >= 11 is 6.20. The first-order valence-electron chi connectivity index (χ1n) is 10.3. The first kappa shape index (κ1) is 22.0. The Bertz CT molecular complexity index is 1280. The van der Waals surface area contributed by atoms with Gasteiger partial charge in [-0.3, -0.25) is 0 Å². The van der Waals surface area contributed by atoms with Crippen molar-refractivity contribution in [2.75, 3.05) is 26.9 Å². The number of hydrogen-bond acceptors (Lipinski definition) is 5. The SMILES string of the molecule is COCCOC(=O)c1c(C)n(CCOc2ccccc2Cl)c2c1cc(O)c1ccccc12. The zero-order valence-electron chi connectivity index (χ0n) is 17.9. The normalized spacial score (nSPS) is 11.2. The lowest BCUT2D eigenvalue weighted by atomic mass is 10.0. The number of halogens is 1. The van der Waals surface area contributed by atoms with E-state index in [1.54, 1.807) is 19.2 Å². The number of esters is 1. The number of rotatable bonds is 8. The first-order valence-corrected chi connectivity index (χ1v) is 10.7. The maximum atomic E-state index is 12.9. The molecule has 0 spiro atoms. The van der Waals surface area contributed by atoms with Gasteiger partial charge in [-0.15, -0.1) is 0 Å². The van der Waals surface area contributed by atoms with Crippen LogP contribution in [0.3, 0.4) is 0 Å². The van der Waals surface area contributed by atoms with Crippen LogP contribution < -0.4 is 4.74 Å². The Labute approximate surface area is 190 Å². The van der Waals surface area contributed by atoms with E-state index in [0.29, 0.717) is 46.9 Å².